The predicted molar refractivity (Wildman–Crippen MR) is 227 cm³/mol. The molecule has 0 aliphatic heterocycles. The SMILES string of the molecule is Cc1ccc(N(c2ccc3cc4c5ccc(N(c6ccc(C)cc6)c6ccccc6C)cc5n5c6ccccc6c(c3c2)c45)c2ccccc2C)cc1. The monoisotopic (exact) mass is 681 g/mol. The molecule has 0 bridgehead atoms. The molecule has 2 heterocycles. The van der Waals surface area contributed by atoms with Gasteiger partial charge in [0.05, 0.1) is 16.6 Å². The summed E-state index contributed by atoms with van der Waals surface area (Å²) in [6, 6.07) is 60.4. The number of hydrogen-bond acceptors (Lipinski definition) is 2. The molecule has 3 heteroatoms. The first-order valence-electron chi connectivity index (χ1n) is 18.4. The van der Waals surface area contributed by atoms with Gasteiger partial charge in [-0.2, -0.15) is 0 Å². The summed E-state index contributed by atoms with van der Waals surface area (Å²) in [6.07, 6.45) is 0. The van der Waals surface area contributed by atoms with Crippen molar-refractivity contribution < 1.29 is 0 Å². The van der Waals surface area contributed by atoms with Gasteiger partial charge in [0.1, 0.15) is 0 Å². The Morgan fingerprint density at radius 3 is 1.53 bits per heavy atom. The molecule has 53 heavy (non-hydrogen) atoms. The molecule has 0 aliphatic carbocycles. The van der Waals surface area contributed by atoms with Crippen LogP contribution in [-0.2, 0) is 0 Å². The Morgan fingerprint density at radius 1 is 0.377 bits per heavy atom. The fraction of sp³-hybridized carbons (Fsp3) is 0.0800. The third kappa shape index (κ3) is 4.88. The van der Waals surface area contributed by atoms with Crippen LogP contribution in [-0.4, -0.2) is 4.40 Å². The number of anilines is 6. The second-order valence-electron chi connectivity index (χ2n) is 14.5. The van der Waals surface area contributed by atoms with Crippen molar-refractivity contribution in [1.29, 1.82) is 0 Å². The fourth-order valence-electron chi connectivity index (χ4n) is 8.42. The van der Waals surface area contributed by atoms with Gasteiger partial charge in [-0.3, -0.25) is 0 Å². The molecule has 8 aromatic carbocycles. The summed E-state index contributed by atoms with van der Waals surface area (Å²) in [5.41, 5.74) is 15.6. The maximum Gasteiger partial charge on any atom is 0.0627 e. The average molecular weight is 682 g/mol. The molecule has 0 radical (unpaired) electrons. The maximum absolute atomic E-state index is 2.51. The third-order valence-electron chi connectivity index (χ3n) is 11.1. The first-order chi connectivity index (χ1) is 25.9. The number of para-hydroxylation sites is 3. The normalized spacial score (nSPS) is 11.8. The molecular weight excluding hydrogens is 643 g/mol. The van der Waals surface area contributed by atoms with Crippen LogP contribution in [0.2, 0.25) is 0 Å². The lowest BCUT2D eigenvalue weighted by molar-refractivity contribution is 1.24. The minimum Gasteiger partial charge on any atom is -0.310 e. The zero-order chi connectivity index (χ0) is 35.8. The fourth-order valence-corrected chi connectivity index (χ4v) is 8.42. The number of fused-ring (bicyclic) bond motifs is 8. The van der Waals surface area contributed by atoms with Gasteiger partial charge in [-0.25, -0.2) is 0 Å². The minimum absolute atomic E-state index is 1.14. The van der Waals surface area contributed by atoms with Crippen molar-refractivity contribution in [1.82, 2.24) is 4.40 Å². The van der Waals surface area contributed by atoms with Crippen molar-refractivity contribution in [3.8, 4) is 0 Å². The molecule has 0 saturated carbocycles. The quantitative estimate of drug-likeness (QED) is 0.173. The number of aryl methyl sites for hydroxylation is 4. The molecule has 0 unspecified atom stereocenters. The molecule has 2 aromatic heterocycles. The second kappa shape index (κ2) is 12.0. The van der Waals surface area contributed by atoms with Crippen LogP contribution < -0.4 is 9.80 Å². The van der Waals surface area contributed by atoms with Crippen molar-refractivity contribution in [3.63, 3.8) is 0 Å². The second-order valence-corrected chi connectivity index (χ2v) is 14.5. The van der Waals surface area contributed by atoms with Crippen LogP contribution >= 0.6 is 0 Å². The van der Waals surface area contributed by atoms with E-state index in [0.717, 1.165) is 22.7 Å². The van der Waals surface area contributed by atoms with Gasteiger partial charge in [0, 0.05) is 55.7 Å². The lowest BCUT2D eigenvalue weighted by atomic mass is 9.99. The predicted octanol–water partition coefficient (Wildman–Crippen LogP) is 14.2. The summed E-state index contributed by atoms with van der Waals surface area (Å²) in [4.78, 5) is 4.80. The highest BCUT2D eigenvalue weighted by Crippen LogP contribution is 2.47. The van der Waals surface area contributed by atoms with Crippen LogP contribution in [0.25, 0.3) is 48.9 Å². The van der Waals surface area contributed by atoms with Crippen LogP contribution in [0.4, 0.5) is 34.1 Å². The van der Waals surface area contributed by atoms with Crippen LogP contribution in [0.3, 0.4) is 0 Å². The van der Waals surface area contributed by atoms with E-state index in [1.165, 1.54) is 82.5 Å². The highest BCUT2D eigenvalue weighted by atomic mass is 15.2. The summed E-state index contributed by atoms with van der Waals surface area (Å²) >= 11 is 0. The number of hydrogen-bond donors (Lipinski definition) is 0. The maximum atomic E-state index is 2.51. The number of nitrogens with zero attached hydrogens (tertiary/aromatic N) is 3. The van der Waals surface area contributed by atoms with Crippen LogP contribution in [0, 0.1) is 27.7 Å². The van der Waals surface area contributed by atoms with Crippen molar-refractivity contribution in [3.05, 3.63) is 186 Å². The van der Waals surface area contributed by atoms with E-state index < -0.39 is 0 Å². The van der Waals surface area contributed by atoms with Crippen LogP contribution in [0.15, 0.2) is 164 Å². The van der Waals surface area contributed by atoms with E-state index >= 15 is 0 Å². The van der Waals surface area contributed by atoms with E-state index in [2.05, 4.69) is 206 Å². The zero-order valence-corrected chi connectivity index (χ0v) is 30.4. The topological polar surface area (TPSA) is 10.9 Å². The highest BCUT2D eigenvalue weighted by Gasteiger charge is 2.23. The Morgan fingerprint density at radius 2 is 0.906 bits per heavy atom. The summed E-state index contributed by atoms with van der Waals surface area (Å²) in [6.45, 7) is 8.68. The Kier molecular flexibility index (Phi) is 7.06. The molecular formula is C50H39N3. The lowest BCUT2D eigenvalue weighted by Gasteiger charge is -2.27. The Balaban J connectivity index is 1.25. The van der Waals surface area contributed by atoms with E-state index in [1.807, 2.05) is 0 Å². The summed E-state index contributed by atoms with van der Waals surface area (Å²) < 4.78 is 2.51. The first-order valence-corrected chi connectivity index (χ1v) is 18.4. The van der Waals surface area contributed by atoms with Crippen molar-refractivity contribution >= 4 is 83.0 Å². The largest absolute Gasteiger partial charge is 0.310 e. The molecule has 0 amide bonds. The van der Waals surface area contributed by atoms with Gasteiger partial charge in [-0.05, 0) is 122 Å². The van der Waals surface area contributed by atoms with E-state index in [-0.39, 0.29) is 0 Å². The smallest absolute Gasteiger partial charge is 0.0627 e. The summed E-state index contributed by atoms with van der Waals surface area (Å²) in [7, 11) is 0. The van der Waals surface area contributed by atoms with Gasteiger partial charge < -0.3 is 14.2 Å². The van der Waals surface area contributed by atoms with Crippen LogP contribution in [0.1, 0.15) is 22.3 Å². The molecule has 10 rings (SSSR count). The number of benzene rings is 8. The third-order valence-corrected chi connectivity index (χ3v) is 11.1. The Hall–Kier alpha value is -6.58. The van der Waals surface area contributed by atoms with Gasteiger partial charge >= 0.3 is 0 Å². The van der Waals surface area contributed by atoms with Gasteiger partial charge in [-0.15, -0.1) is 0 Å². The van der Waals surface area contributed by atoms with Gasteiger partial charge in [0.25, 0.3) is 0 Å². The molecule has 0 aliphatic rings. The minimum atomic E-state index is 1.14. The zero-order valence-electron chi connectivity index (χ0n) is 30.4. The molecule has 10 aromatic rings. The number of aromatic nitrogens is 1. The lowest BCUT2D eigenvalue weighted by Crippen LogP contribution is -2.11. The van der Waals surface area contributed by atoms with Gasteiger partial charge in [-0.1, -0.05) is 102 Å². The van der Waals surface area contributed by atoms with Crippen LogP contribution in [0.5, 0.6) is 0 Å². The molecule has 0 saturated heterocycles. The van der Waals surface area contributed by atoms with E-state index in [4.69, 9.17) is 0 Å². The number of rotatable bonds is 6. The van der Waals surface area contributed by atoms with E-state index in [9.17, 15) is 0 Å². The van der Waals surface area contributed by atoms with E-state index in [0.29, 0.717) is 0 Å². The summed E-state index contributed by atoms with van der Waals surface area (Å²) in [5, 5.41) is 7.62. The molecule has 0 atom stereocenters. The summed E-state index contributed by atoms with van der Waals surface area (Å²) in [5.74, 6) is 0. The standard InChI is InChI=1S/C50H39N3/c1-32-17-22-37(23-18-32)51(45-14-8-5-11-34(45)3)39-26-21-36-29-44-41-28-27-40(52(38-24-19-33(2)20-25-38)46-15-9-6-12-35(46)4)31-48(41)53-47-16-10-7-13-42(47)49(50(44)53)43(36)30-39/h5-31H,1-4H3. The van der Waals surface area contributed by atoms with Crippen molar-refractivity contribution in [2.75, 3.05) is 9.80 Å². The van der Waals surface area contributed by atoms with Crippen molar-refractivity contribution in [2.45, 2.75) is 27.7 Å². The van der Waals surface area contributed by atoms with Gasteiger partial charge in [0.2, 0.25) is 0 Å². The molecule has 0 N–H and O–H groups in total. The molecule has 254 valence electrons. The molecule has 0 fully saturated rings. The Bertz CT molecular complexity index is 2870. The first kappa shape index (κ1) is 31.2. The van der Waals surface area contributed by atoms with Crippen molar-refractivity contribution in [2.24, 2.45) is 0 Å². The van der Waals surface area contributed by atoms with E-state index in [1.54, 1.807) is 0 Å². The van der Waals surface area contributed by atoms with Gasteiger partial charge in [0.15, 0.2) is 0 Å². The molecule has 0 spiro atoms. The Labute approximate surface area is 309 Å². The molecule has 3 nitrogen and oxygen atoms in total. The highest BCUT2D eigenvalue weighted by molar-refractivity contribution is 6.31. The average Bonchev–Trinajstić information content (AvgIpc) is 3.70.